The van der Waals surface area contributed by atoms with E-state index in [1.165, 1.54) is 0 Å². The number of hydrogen-bond donors (Lipinski definition) is 1. The van der Waals surface area contributed by atoms with E-state index in [-0.39, 0.29) is 11.4 Å². The lowest BCUT2D eigenvalue weighted by molar-refractivity contribution is 0.415. The van der Waals surface area contributed by atoms with Crippen LogP contribution in [0.25, 0.3) is 10.8 Å². The molecule has 0 atom stereocenters. The zero-order valence-corrected chi connectivity index (χ0v) is 15.4. The van der Waals surface area contributed by atoms with Crippen LogP contribution in [-0.2, 0) is 16.6 Å². The first-order valence-corrected chi connectivity index (χ1v) is 9.58. The minimum absolute atomic E-state index is 0.228. The molecule has 0 aliphatic heterocycles. The Morgan fingerprint density at radius 3 is 2.46 bits per heavy atom. The van der Waals surface area contributed by atoms with E-state index in [9.17, 15) is 8.42 Å². The Morgan fingerprint density at radius 1 is 1.00 bits per heavy atom. The lowest BCUT2D eigenvalue weighted by Gasteiger charge is -2.09. The van der Waals surface area contributed by atoms with E-state index in [1.54, 1.807) is 31.4 Å². The molecule has 0 aliphatic carbocycles. The number of fused-ring (bicyclic) bond motifs is 1. The van der Waals surface area contributed by atoms with E-state index in [2.05, 4.69) is 20.7 Å². The van der Waals surface area contributed by atoms with Crippen LogP contribution in [0.5, 0.6) is 5.75 Å². The van der Waals surface area contributed by atoms with Crippen molar-refractivity contribution < 1.29 is 13.2 Å². The van der Waals surface area contributed by atoms with Gasteiger partial charge >= 0.3 is 0 Å². The van der Waals surface area contributed by atoms with Crippen LogP contribution >= 0.6 is 15.9 Å². The van der Waals surface area contributed by atoms with Crippen molar-refractivity contribution >= 4 is 36.7 Å². The quantitative estimate of drug-likeness (QED) is 0.695. The highest BCUT2D eigenvalue weighted by molar-refractivity contribution is 9.10. The normalized spacial score (nSPS) is 11.6. The molecule has 0 spiro atoms. The number of sulfonamides is 1. The molecule has 124 valence electrons. The summed E-state index contributed by atoms with van der Waals surface area (Å²) in [5.41, 5.74) is 0.892. The lowest BCUT2D eigenvalue weighted by atomic mass is 10.1. The lowest BCUT2D eigenvalue weighted by Crippen LogP contribution is -2.23. The molecule has 0 heterocycles. The van der Waals surface area contributed by atoms with Gasteiger partial charge in [-0.15, -0.1) is 0 Å². The molecular weight excluding hydrogens is 390 g/mol. The molecule has 0 saturated carbocycles. The van der Waals surface area contributed by atoms with Gasteiger partial charge in [-0.1, -0.05) is 30.3 Å². The van der Waals surface area contributed by atoms with E-state index >= 15 is 0 Å². The van der Waals surface area contributed by atoms with Gasteiger partial charge in [-0.2, -0.15) is 0 Å². The molecule has 0 amide bonds. The summed E-state index contributed by atoms with van der Waals surface area (Å²) in [7, 11) is -1.94. The van der Waals surface area contributed by atoms with E-state index in [1.807, 2.05) is 36.4 Å². The highest BCUT2D eigenvalue weighted by Gasteiger charge is 2.16. The van der Waals surface area contributed by atoms with Crippen LogP contribution < -0.4 is 9.46 Å². The Kier molecular flexibility index (Phi) is 4.89. The SMILES string of the molecule is COc1ccc2cc(CNS(=O)(=O)c3ccccc3Br)ccc2c1. The second-order valence-corrected chi connectivity index (χ2v) is 7.89. The Bertz CT molecular complexity index is 986. The van der Waals surface area contributed by atoms with Crippen molar-refractivity contribution in [3.05, 3.63) is 70.7 Å². The van der Waals surface area contributed by atoms with Crippen molar-refractivity contribution in [1.82, 2.24) is 4.72 Å². The number of nitrogens with one attached hydrogen (secondary N) is 1. The maximum atomic E-state index is 12.4. The molecule has 0 radical (unpaired) electrons. The van der Waals surface area contributed by atoms with Crippen LogP contribution in [0.3, 0.4) is 0 Å². The van der Waals surface area contributed by atoms with Crippen molar-refractivity contribution in [2.75, 3.05) is 7.11 Å². The van der Waals surface area contributed by atoms with Crippen LogP contribution in [0.1, 0.15) is 5.56 Å². The summed E-state index contributed by atoms with van der Waals surface area (Å²) in [6, 6.07) is 18.4. The van der Waals surface area contributed by atoms with E-state index in [4.69, 9.17) is 4.74 Å². The van der Waals surface area contributed by atoms with Crippen molar-refractivity contribution in [1.29, 1.82) is 0 Å². The average Bonchev–Trinajstić information content (AvgIpc) is 2.59. The first kappa shape index (κ1) is 17.0. The third-order valence-corrected chi connectivity index (χ3v) is 6.12. The van der Waals surface area contributed by atoms with Gasteiger partial charge in [0, 0.05) is 11.0 Å². The van der Waals surface area contributed by atoms with Crippen molar-refractivity contribution in [2.45, 2.75) is 11.4 Å². The van der Waals surface area contributed by atoms with Gasteiger partial charge in [0.25, 0.3) is 0 Å². The predicted octanol–water partition coefficient (Wildman–Crippen LogP) is 4.09. The molecule has 6 heteroatoms. The van der Waals surface area contributed by atoms with Gasteiger partial charge < -0.3 is 4.74 Å². The predicted molar refractivity (Wildman–Crippen MR) is 98.7 cm³/mol. The Morgan fingerprint density at radius 2 is 1.71 bits per heavy atom. The standard InChI is InChI=1S/C18H16BrNO3S/c1-23-16-9-8-14-10-13(6-7-15(14)11-16)12-20-24(21,22)18-5-3-2-4-17(18)19/h2-11,20H,12H2,1H3. The second kappa shape index (κ2) is 6.93. The third kappa shape index (κ3) is 3.61. The molecule has 0 aliphatic rings. The topological polar surface area (TPSA) is 55.4 Å². The van der Waals surface area contributed by atoms with Gasteiger partial charge in [0.05, 0.1) is 12.0 Å². The molecule has 4 nitrogen and oxygen atoms in total. The summed E-state index contributed by atoms with van der Waals surface area (Å²) in [6.07, 6.45) is 0. The van der Waals surface area contributed by atoms with Gasteiger partial charge in [-0.3, -0.25) is 0 Å². The highest BCUT2D eigenvalue weighted by atomic mass is 79.9. The van der Waals surface area contributed by atoms with Crippen molar-refractivity contribution in [3.8, 4) is 5.75 Å². The zero-order valence-electron chi connectivity index (χ0n) is 13.0. The van der Waals surface area contributed by atoms with Crippen molar-refractivity contribution in [3.63, 3.8) is 0 Å². The number of ether oxygens (including phenoxy) is 1. The molecular formula is C18H16BrNO3S. The number of halogens is 1. The first-order chi connectivity index (χ1) is 11.5. The van der Waals surface area contributed by atoms with Crippen LogP contribution in [-0.4, -0.2) is 15.5 Å². The molecule has 0 unspecified atom stereocenters. The Labute approximate surface area is 149 Å². The van der Waals surface area contributed by atoms with Crippen LogP contribution in [0.4, 0.5) is 0 Å². The minimum atomic E-state index is -3.57. The molecule has 1 N–H and O–H groups in total. The monoisotopic (exact) mass is 405 g/mol. The van der Waals surface area contributed by atoms with Crippen molar-refractivity contribution in [2.24, 2.45) is 0 Å². The minimum Gasteiger partial charge on any atom is -0.497 e. The smallest absolute Gasteiger partial charge is 0.241 e. The summed E-state index contributed by atoms with van der Waals surface area (Å²) >= 11 is 3.27. The number of benzene rings is 3. The molecule has 0 bridgehead atoms. The fourth-order valence-corrected chi connectivity index (χ4v) is 4.45. The largest absolute Gasteiger partial charge is 0.497 e. The zero-order chi connectivity index (χ0) is 17.2. The van der Waals surface area contributed by atoms with Crippen LogP contribution in [0.15, 0.2) is 70.0 Å². The summed E-state index contributed by atoms with van der Waals surface area (Å²) in [5.74, 6) is 0.796. The molecule has 3 rings (SSSR count). The summed E-state index contributed by atoms with van der Waals surface area (Å²) in [6.45, 7) is 0.228. The van der Waals surface area contributed by atoms with Gasteiger partial charge in [-0.25, -0.2) is 13.1 Å². The maximum Gasteiger partial charge on any atom is 0.241 e. The van der Waals surface area contributed by atoms with Crippen LogP contribution in [0.2, 0.25) is 0 Å². The fraction of sp³-hybridized carbons (Fsp3) is 0.111. The Balaban J connectivity index is 1.81. The number of rotatable bonds is 5. The summed E-state index contributed by atoms with van der Waals surface area (Å²) in [5, 5.41) is 2.08. The molecule has 3 aromatic carbocycles. The molecule has 0 saturated heterocycles. The Hall–Kier alpha value is -1.89. The van der Waals surface area contributed by atoms with E-state index in [0.717, 1.165) is 22.1 Å². The maximum absolute atomic E-state index is 12.4. The molecule has 24 heavy (non-hydrogen) atoms. The van der Waals surface area contributed by atoms with Gasteiger partial charge in [-0.05, 0) is 62.6 Å². The highest BCUT2D eigenvalue weighted by Crippen LogP contribution is 2.23. The molecule has 0 fully saturated rings. The number of hydrogen-bond acceptors (Lipinski definition) is 3. The fourth-order valence-electron chi connectivity index (χ4n) is 2.43. The van der Waals surface area contributed by atoms with E-state index in [0.29, 0.717) is 4.47 Å². The second-order valence-electron chi connectivity index (χ2n) is 5.30. The van der Waals surface area contributed by atoms with Gasteiger partial charge in [0.1, 0.15) is 5.75 Å². The van der Waals surface area contributed by atoms with Gasteiger partial charge in [0.2, 0.25) is 10.0 Å². The first-order valence-electron chi connectivity index (χ1n) is 7.30. The van der Waals surface area contributed by atoms with Crippen LogP contribution in [0, 0.1) is 0 Å². The third-order valence-electron chi connectivity index (χ3n) is 3.70. The summed E-state index contributed by atoms with van der Waals surface area (Å²) in [4.78, 5) is 0.232. The molecule has 3 aromatic rings. The molecule has 0 aromatic heterocycles. The van der Waals surface area contributed by atoms with E-state index < -0.39 is 10.0 Å². The number of methoxy groups -OCH3 is 1. The average molecular weight is 406 g/mol. The van der Waals surface area contributed by atoms with Gasteiger partial charge in [0.15, 0.2) is 0 Å². The summed E-state index contributed by atoms with van der Waals surface area (Å²) < 4.78 is 33.2.